The van der Waals surface area contributed by atoms with Crippen LogP contribution < -0.4 is 0 Å². The van der Waals surface area contributed by atoms with Crippen molar-refractivity contribution in [3.63, 3.8) is 0 Å². The second-order valence-electron chi connectivity index (χ2n) is 2.98. The maximum absolute atomic E-state index is 12.1. The largest absolute Gasteiger partial charge is 0.263 e. The van der Waals surface area contributed by atoms with Gasteiger partial charge >= 0.3 is 0 Å². The van der Waals surface area contributed by atoms with Crippen LogP contribution in [0.5, 0.6) is 0 Å². The number of halogens is 3. The van der Waals surface area contributed by atoms with E-state index in [1.165, 1.54) is 12.3 Å². The summed E-state index contributed by atoms with van der Waals surface area (Å²) in [5.74, 6) is 0. The van der Waals surface area contributed by atoms with Crippen molar-refractivity contribution in [2.45, 2.75) is 11.3 Å². The molecule has 0 N–H and O–H groups in total. The third-order valence-corrected chi connectivity index (χ3v) is 4.11. The van der Waals surface area contributed by atoms with Crippen molar-refractivity contribution in [3.8, 4) is 0 Å². The molecule has 0 atom stereocenters. The van der Waals surface area contributed by atoms with Crippen molar-refractivity contribution in [1.82, 2.24) is 9.29 Å². The molecule has 1 heterocycles. The minimum atomic E-state index is -4.01. The van der Waals surface area contributed by atoms with Gasteiger partial charge in [0.15, 0.2) is 0 Å². The summed E-state index contributed by atoms with van der Waals surface area (Å²) in [5.41, 5.74) is 0. The average molecular weight is 271 g/mol. The number of pyridine rings is 1. The number of rotatable bonds is 4. The van der Waals surface area contributed by atoms with Gasteiger partial charge in [0.25, 0.3) is 6.43 Å². The van der Waals surface area contributed by atoms with Crippen molar-refractivity contribution in [2.75, 3.05) is 13.6 Å². The van der Waals surface area contributed by atoms with Crippen molar-refractivity contribution in [1.29, 1.82) is 0 Å². The molecule has 0 radical (unpaired) electrons. The molecule has 90 valence electrons. The van der Waals surface area contributed by atoms with Crippen LogP contribution in [0.2, 0.25) is 5.02 Å². The van der Waals surface area contributed by atoms with Crippen LogP contribution >= 0.6 is 11.6 Å². The molecule has 0 unspecified atom stereocenters. The van der Waals surface area contributed by atoms with Gasteiger partial charge < -0.3 is 0 Å². The smallest absolute Gasteiger partial charge is 0.252 e. The molecule has 0 saturated carbocycles. The number of aromatic nitrogens is 1. The molecule has 0 aromatic carbocycles. The van der Waals surface area contributed by atoms with E-state index in [9.17, 15) is 17.2 Å². The Morgan fingerprint density at radius 1 is 1.56 bits per heavy atom. The quantitative estimate of drug-likeness (QED) is 0.835. The Labute approximate surface area is 96.9 Å². The molecule has 8 heteroatoms. The lowest BCUT2D eigenvalue weighted by Crippen LogP contribution is -2.31. The number of hydrogen-bond acceptors (Lipinski definition) is 3. The molecule has 0 amide bonds. The summed E-state index contributed by atoms with van der Waals surface area (Å²) in [6.45, 7) is -0.881. The lowest BCUT2D eigenvalue weighted by atomic mass is 10.5. The summed E-state index contributed by atoms with van der Waals surface area (Å²) >= 11 is 5.66. The van der Waals surface area contributed by atoms with Crippen LogP contribution in [0.4, 0.5) is 8.78 Å². The van der Waals surface area contributed by atoms with Gasteiger partial charge in [-0.1, -0.05) is 11.6 Å². The Hall–Kier alpha value is -0.790. The first-order chi connectivity index (χ1) is 7.35. The van der Waals surface area contributed by atoms with Crippen LogP contribution in [-0.4, -0.2) is 37.7 Å². The molecule has 1 rings (SSSR count). The average Bonchev–Trinajstić information content (AvgIpc) is 2.16. The molecular formula is C8H9ClF2N2O2S. The Bertz CT molecular complexity index is 467. The zero-order valence-electron chi connectivity index (χ0n) is 8.27. The van der Waals surface area contributed by atoms with Crippen LogP contribution in [0.25, 0.3) is 0 Å². The van der Waals surface area contributed by atoms with Crippen LogP contribution in [0.15, 0.2) is 23.4 Å². The Morgan fingerprint density at radius 3 is 2.69 bits per heavy atom. The van der Waals surface area contributed by atoms with Crippen LogP contribution in [0.3, 0.4) is 0 Å². The summed E-state index contributed by atoms with van der Waals surface area (Å²) in [6.07, 6.45) is -0.399. The highest BCUT2D eigenvalue weighted by Crippen LogP contribution is 2.22. The van der Waals surface area contributed by atoms with E-state index < -0.39 is 23.0 Å². The van der Waals surface area contributed by atoms with E-state index in [2.05, 4.69) is 4.98 Å². The molecule has 0 aliphatic rings. The lowest BCUT2D eigenvalue weighted by Gasteiger charge is -2.16. The molecule has 0 saturated heterocycles. The van der Waals surface area contributed by atoms with Crippen molar-refractivity contribution in [3.05, 3.63) is 23.5 Å². The minimum Gasteiger partial charge on any atom is -0.263 e. The highest BCUT2D eigenvalue weighted by Gasteiger charge is 2.25. The predicted molar refractivity (Wildman–Crippen MR) is 55.1 cm³/mol. The van der Waals surface area contributed by atoms with Gasteiger partial charge in [0.05, 0.1) is 11.6 Å². The first kappa shape index (κ1) is 13.3. The summed E-state index contributed by atoms with van der Waals surface area (Å²) in [7, 11) is -2.95. The number of alkyl halides is 2. The first-order valence-electron chi connectivity index (χ1n) is 4.19. The fourth-order valence-corrected chi connectivity index (χ4v) is 2.56. The summed E-state index contributed by atoms with van der Waals surface area (Å²) in [4.78, 5) is 3.32. The van der Waals surface area contributed by atoms with Gasteiger partial charge in [-0.15, -0.1) is 0 Å². The molecule has 0 bridgehead atoms. The molecule has 1 aromatic heterocycles. The summed E-state index contributed by atoms with van der Waals surface area (Å²) in [6, 6.07) is 1.28. The molecule has 1 aromatic rings. The van der Waals surface area contributed by atoms with Gasteiger partial charge in [0.2, 0.25) is 10.0 Å². The summed E-state index contributed by atoms with van der Waals surface area (Å²) < 4.78 is 48.2. The normalized spacial score (nSPS) is 12.4. The molecule has 0 aliphatic heterocycles. The SMILES string of the molecule is CN(CC(F)F)S(=O)(=O)c1cnccc1Cl. The number of nitrogens with zero attached hydrogens (tertiary/aromatic N) is 2. The molecule has 16 heavy (non-hydrogen) atoms. The summed E-state index contributed by atoms with van der Waals surface area (Å²) in [5, 5.41) is -0.0453. The third kappa shape index (κ3) is 2.87. The topological polar surface area (TPSA) is 50.3 Å². The standard InChI is InChI=1S/C8H9ClF2N2O2S/c1-13(5-8(10)11)16(14,15)7-4-12-3-2-6(7)9/h2-4,8H,5H2,1H3. The van der Waals surface area contributed by atoms with Gasteiger partial charge in [-0.3, -0.25) is 4.98 Å². The maximum atomic E-state index is 12.1. The van der Waals surface area contributed by atoms with Gasteiger partial charge in [-0.2, -0.15) is 4.31 Å². The second kappa shape index (κ2) is 5.03. The fourth-order valence-electron chi connectivity index (χ4n) is 1.01. The van der Waals surface area contributed by atoms with Crippen LogP contribution in [0.1, 0.15) is 0 Å². The predicted octanol–water partition coefficient (Wildman–Crippen LogP) is 1.62. The monoisotopic (exact) mass is 270 g/mol. The van der Waals surface area contributed by atoms with E-state index in [4.69, 9.17) is 11.6 Å². The van der Waals surface area contributed by atoms with Crippen LogP contribution in [0, 0.1) is 0 Å². The van der Waals surface area contributed by atoms with Gasteiger partial charge in [-0.25, -0.2) is 17.2 Å². The number of hydrogen-bond donors (Lipinski definition) is 0. The van der Waals surface area contributed by atoms with Gasteiger partial charge in [-0.05, 0) is 6.07 Å². The lowest BCUT2D eigenvalue weighted by molar-refractivity contribution is 0.126. The van der Waals surface area contributed by atoms with E-state index >= 15 is 0 Å². The minimum absolute atomic E-state index is 0.0453. The number of sulfonamides is 1. The zero-order chi connectivity index (χ0) is 12.3. The van der Waals surface area contributed by atoms with Crippen LogP contribution in [-0.2, 0) is 10.0 Å². The molecular weight excluding hydrogens is 262 g/mol. The fraction of sp³-hybridized carbons (Fsp3) is 0.375. The molecule has 0 fully saturated rings. The van der Waals surface area contributed by atoms with Gasteiger partial charge in [0, 0.05) is 19.4 Å². The van der Waals surface area contributed by atoms with Crippen molar-refractivity contribution < 1.29 is 17.2 Å². The van der Waals surface area contributed by atoms with E-state index in [1.54, 1.807) is 0 Å². The second-order valence-corrected chi connectivity index (χ2v) is 5.40. The zero-order valence-corrected chi connectivity index (χ0v) is 9.84. The third-order valence-electron chi connectivity index (χ3n) is 1.82. The van der Waals surface area contributed by atoms with Crippen molar-refractivity contribution >= 4 is 21.6 Å². The highest BCUT2D eigenvalue weighted by atomic mass is 35.5. The first-order valence-corrected chi connectivity index (χ1v) is 6.01. The van der Waals surface area contributed by atoms with E-state index in [1.807, 2.05) is 0 Å². The Kier molecular flexibility index (Phi) is 4.17. The van der Waals surface area contributed by atoms with E-state index in [0.717, 1.165) is 13.2 Å². The molecule has 4 nitrogen and oxygen atoms in total. The van der Waals surface area contributed by atoms with Gasteiger partial charge in [0.1, 0.15) is 4.90 Å². The van der Waals surface area contributed by atoms with Crippen molar-refractivity contribution in [2.24, 2.45) is 0 Å². The van der Waals surface area contributed by atoms with E-state index in [-0.39, 0.29) is 9.92 Å². The Balaban J connectivity index is 3.08. The van der Waals surface area contributed by atoms with E-state index in [0.29, 0.717) is 4.31 Å². The molecule has 0 aliphatic carbocycles. The maximum Gasteiger partial charge on any atom is 0.252 e. The Morgan fingerprint density at radius 2 is 2.19 bits per heavy atom. The highest BCUT2D eigenvalue weighted by molar-refractivity contribution is 7.89. The molecule has 0 spiro atoms.